The Kier molecular flexibility index (Phi) is 5.83. The quantitative estimate of drug-likeness (QED) is 0.879. The van der Waals surface area contributed by atoms with Crippen molar-refractivity contribution in [2.45, 2.75) is 52.0 Å². The minimum absolute atomic E-state index is 0.0605. The van der Waals surface area contributed by atoms with Gasteiger partial charge in [-0.25, -0.2) is 0 Å². The van der Waals surface area contributed by atoms with E-state index in [-0.39, 0.29) is 17.7 Å². The molecule has 1 fully saturated rings. The van der Waals surface area contributed by atoms with E-state index in [0.717, 1.165) is 38.0 Å². The Morgan fingerprint density at radius 2 is 2.05 bits per heavy atom. The fourth-order valence-corrected chi connectivity index (χ4v) is 2.97. The van der Waals surface area contributed by atoms with Crippen LogP contribution in [0, 0.1) is 0 Å². The van der Waals surface area contributed by atoms with Gasteiger partial charge in [-0.2, -0.15) is 0 Å². The first-order valence-corrected chi connectivity index (χ1v) is 8.37. The summed E-state index contributed by atoms with van der Waals surface area (Å²) in [5.74, 6) is 0.240. The molecule has 22 heavy (non-hydrogen) atoms. The Hall–Kier alpha value is -1.55. The largest absolute Gasteiger partial charge is 0.507 e. The van der Waals surface area contributed by atoms with E-state index >= 15 is 0 Å². The van der Waals surface area contributed by atoms with Gasteiger partial charge in [-0.05, 0) is 49.4 Å². The summed E-state index contributed by atoms with van der Waals surface area (Å²) in [6.45, 7) is 9.57. The predicted octanol–water partition coefficient (Wildman–Crippen LogP) is 3.12. The van der Waals surface area contributed by atoms with Gasteiger partial charge in [0, 0.05) is 19.1 Å². The third-order valence-electron chi connectivity index (χ3n) is 4.39. The molecule has 1 aromatic carbocycles. The maximum absolute atomic E-state index is 12.4. The third-order valence-corrected chi connectivity index (χ3v) is 4.39. The van der Waals surface area contributed by atoms with Crippen LogP contribution in [0.4, 0.5) is 0 Å². The lowest BCUT2D eigenvalue weighted by molar-refractivity contribution is 0.0908. The van der Waals surface area contributed by atoms with Crippen LogP contribution in [-0.2, 0) is 0 Å². The topological polar surface area (TPSA) is 52.6 Å². The van der Waals surface area contributed by atoms with E-state index in [1.807, 2.05) is 12.1 Å². The van der Waals surface area contributed by atoms with E-state index in [9.17, 15) is 9.90 Å². The van der Waals surface area contributed by atoms with Gasteiger partial charge in [0.2, 0.25) is 0 Å². The molecule has 4 heteroatoms. The first-order chi connectivity index (χ1) is 10.5. The molecule has 2 N–H and O–H groups in total. The lowest BCUT2D eigenvalue weighted by Gasteiger charge is -2.32. The Bertz CT molecular complexity index is 506. The van der Waals surface area contributed by atoms with Crippen LogP contribution in [0.1, 0.15) is 61.9 Å². The Morgan fingerprint density at radius 1 is 1.36 bits per heavy atom. The number of phenols is 1. The number of carbonyl (C=O) groups is 1. The maximum atomic E-state index is 12.4. The number of aromatic hydroxyl groups is 1. The van der Waals surface area contributed by atoms with Crippen molar-refractivity contribution in [1.82, 2.24) is 10.2 Å². The molecular formula is C18H28N2O2. The molecule has 0 aromatic heterocycles. The highest BCUT2D eigenvalue weighted by Crippen LogP contribution is 2.23. The number of piperidine rings is 1. The lowest BCUT2D eigenvalue weighted by Crippen LogP contribution is -2.44. The minimum Gasteiger partial charge on any atom is -0.507 e. The fraction of sp³-hybridized carbons (Fsp3) is 0.611. The van der Waals surface area contributed by atoms with E-state index in [1.165, 1.54) is 6.42 Å². The van der Waals surface area contributed by atoms with Gasteiger partial charge in [-0.3, -0.25) is 4.79 Å². The van der Waals surface area contributed by atoms with Crippen LogP contribution in [-0.4, -0.2) is 41.6 Å². The smallest absolute Gasteiger partial charge is 0.255 e. The molecule has 1 heterocycles. The zero-order valence-electron chi connectivity index (χ0n) is 13.9. The molecule has 1 saturated heterocycles. The number of benzene rings is 1. The molecule has 1 aromatic rings. The fourth-order valence-electron chi connectivity index (χ4n) is 2.97. The number of nitrogens with zero attached hydrogens (tertiary/aromatic N) is 1. The second-order valence-electron chi connectivity index (χ2n) is 6.52. The van der Waals surface area contributed by atoms with Gasteiger partial charge in [0.1, 0.15) is 5.75 Å². The lowest BCUT2D eigenvalue weighted by atomic mass is 9.99. The second kappa shape index (κ2) is 7.63. The predicted molar refractivity (Wildman–Crippen MR) is 89.4 cm³/mol. The molecule has 2 rings (SSSR count). The standard InChI is InChI=1S/C18H28N2O2/c1-4-9-20-10-7-15(8-11-20)19-18(22)16-12-14(13(2)3)5-6-17(16)21/h5-6,12-13,15,21H,4,7-11H2,1-3H3,(H,19,22). The number of hydrogen-bond donors (Lipinski definition) is 2. The molecule has 4 nitrogen and oxygen atoms in total. The number of rotatable bonds is 5. The van der Waals surface area contributed by atoms with E-state index in [4.69, 9.17) is 0 Å². The monoisotopic (exact) mass is 304 g/mol. The van der Waals surface area contributed by atoms with Crippen LogP contribution in [0.15, 0.2) is 18.2 Å². The van der Waals surface area contributed by atoms with Crippen LogP contribution in [0.2, 0.25) is 0 Å². The summed E-state index contributed by atoms with van der Waals surface area (Å²) < 4.78 is 0. The number of nitrogens with one attached hydrogen (secondary N) is 1. The number of amides is 1. The molecule has 1 amide bonds. The van der Waals surface area contributed by atoms with Gasteiger partial charge < -0.3 is 15.3 Å². The van der Waals surface area contributed by atoms with E-state index in [2.05, 4.69) is 31.0 Å². The Balaban J connectivity index is 1.97. The van der Waals surface area contributed by atoms with Gasteiger partial charge in [0.25, 0.3) is 5.91 Å². The summed E-state index contributed by atoms with van der Waals surface area (Å²) in [4.78, 5) is 14.9. The van der Waals surface area contributed by atoms with Gasteiger partial charge in [0.05, 0.1) is 5.56 Å². The highest BCUT2D eigenvalue weighted by Gasteiger charge is 2.22. The third kappa shape index (κ3) is 4.23. The molecule has 122 valence electrons. The van der Waals surface area contributed by atoms with Crippen molar-refractivity contribution >= 4 is 5.91 Å². The normalized spacial score (nSPS) is 16.9. The van der Waals surface area contributed by atoms with Crippen molar-refractivity contribution in [3.05, 3.63) is 29.3 Å². The molecule has 1 aliphatic rings. The highest BCUT2D eigenvalue weighted by atomic mass is 16.3. The average molecular weight is 304 g/mol. The average Bonchev–Trinajstić information content (AvgIpc) is 2.49. The zero-order chi connectivity index (χ0) is 16.1. The van der Waals surface area contributed by atoms with Crippen LogP contribution >= 0.6 is 0 Å². The summed E-state index contributed by atoms with van der Waals surface area (Å²) >= 11 is 0. The van der Waals surface area contributed by atoms with E-state index in [0.29, 0.717) is 11.5 Å². The van der Waals surface area contributed by atoms with Crippen molar-refractivity contribution < 1.29 is 9.90 Å². The van der Waals surface area contributed by atoms with Crippen molar-refractivity contribution in [3.63, 3.8) is 0 Å². The first-order valence-electron chi connectivity index (χ1n) is 8.37. The number of phenolic OH excluding ortho intramolecular Hbond substituents is 1. The van der Waals surface area contributed by atoms with Gasteiger partial charge in [-0.1, -0.05) is 26.8 Å². The summed E-state index contributed by atoms with van der Waals surface area (Å²) in [6.07, 6.45) is 3.14. The van der Waals surface area contributed by atoms with E-state index in [1.54, 1.807) is 6.07 Å². The van der Waals surface area contributed by atoms with E-state index < -0.39 is 0 Å². The van der Waals surface area contributed by atoms with Crippen molar-refractivity contribution in [1.29, 1.82) is 0 Å². The molecule has 0 bridgehead atoms. The van der Waals surface area contributed by atoms with Gasteiger partial charge in [-0.15, -0.1) is 0 Å². The molecule has 0 spiro atoms. The Labute approximate surface area is 133 Å². The van der Waals surface area contributed by atoms with Gasteiger partial charge >= 0.3 is 0 Å². The number of carbonyl (C=O) groups excluding carboxylic acids is 1. The maximum Gasteiger partial charge on any atom is 0.255 e. The highest BCUT2D eigenvalue weighted by molar-refractivity contribution is 5.97. The van der Waals surface area contributed by atoms with Crippen molar-refractivity contribution in [3.8, 4) is 5.75 Å². The molecule has 0 saturated carbocycles. The second-order valence-corrected chi connectivity index (χ2v) is 6.52. The summed E-state index contributed by atoms with van der Waals surface area (Å²) in [6, 6.07) is 5.51. The molecule has 0 radical (unpaired) electrons. The van der Waals surface area contributed by atoms with Crippen LogP contribution in [0.5, 0.6) is 5.75 Å². The van der Waals surface area contributed by atoms with Crippen LogP contribution in [0.3, 0.4) is 0 Å². The van der Waals surface area contributed by atoms with Crippen LogP contribution < -0.4 is 5.32 Å². The van der Waals surface area contributed by atoms with Gasteiger partial charge in [0.15, 0.2) is 0 Å². The summed E-state index contributed by atoms with van der Waals surface area (Å²) in [7, 11) is 0. The summed E-state index contributed by atoms with van der Waals surface area (Å²) in [5, 5.41) is 13.0. The first kappa shape index (κ1) is 16.8. The molecule has 0 atom stereocenters. The Morgan fingerprint density at radius 3 is 2.64 bits per heavy atom. The minimum atomic E-state index is -0.158. The van der Waals surface area contributed by atoms with Crippen LogP contribution in [0.25, 0.3) is 0 Å². The van der Waals surface area contributed by atoms with Crippen molar-refractivity contribution in [2.24, 2.45) is 0 Å². The zero-order valence-corrected chi connectivity index (χ0v) is 13.9. The number of hydrogen-bond acceptors (Lipinski definition) is 3. The summed E-state index contributed by atoms with van der Waals surface area (Å²) in [5.41, 5.74) is 1.46. The van der Waals surface area contributed by atoms with Crippen molar-refractivity contribution in [2.75, 3.05) is 19.6 Å². The SMILES string of the molecule is CCCN1CCC(NC(=O)c2cc(C(C)C)ccc2O)CC1. The molecule has 1 aliphatic heterocycles. The number of likely N-dealkylation sites (tertiary alicyclic amines) is 1. The molecular weight excluding hydrogens is 276 g/mol. The molecule has 0 unspecified atom stereocenters. The molecule has 0 aliphatic carbocycles.